The number of nitrogens with one attached hydrogen (secondary N) is 2. The van der Waals surface area contributed by atoms with Gasteiger partial charge in [0.05, 0.1) is 6.54 Å². The lowest BCUT2D eigenvalue weighted by Crippen LogP contribution is -2.33. The summed E-state index contributed by atoms with van der Waals surface area (Å²) in [6, 6.07) is 9.71. The largest absolute Gasteiger partial charge is 0.466 e. The van der Waals surface area contributed by atoms with Gasteiger partial charge in [-0.15, -0.1) is 0 Å². The normalized spacial score (nSPS) is 18.4. The Labute approximate surface area is 154 Å². The number of hydrogen-bond donors (Lipinski definition) is 2. The van der Waals surface area contributed by atoms with Gasteiger partial charge in [0.15, 0.2) is 0 Å². The third-order valence-electron chi connectivity index (χ3n) is 5.08. The van der Waals surface area contributed by atoms with Crippen LogP contribution in [0.5, 0.6) is 0 Å². The zero-order valence-corrected chi connectivity index (χ0v) is 15.6. The van der Waals surface area contributed by atoms with E-state index < -0.39 is 0 Å². The second kappa shape index (κ2) is 7.77. The number of benzene rings is 1. The van der Waals surface area contributed by atoms with Crippen LogP contribution in [0.15, 0.2) is 34.7 Å². The van der Waals surface area contributed by atoms with E-state index in [1.165, 1.54) is 6.42 Å². The highest BCUT2D eigenvalue weighted by atomic mass is 16.3. The maximum atomic E-state index is 12.0. The molecule has 1 aliphatic carbocycles. The number of carbonyl (C=O) groups excluding carboxylic acids is 2. The Balaban J connectivity index is 1.40. The Bertz CT molecular complexity index is 809. The summed E-state index contributed by atoms with van der Waals surface area (Å²) in [4.78, 5) is 24.0. The monoisotopic (exact) mass is 354 g/mol. The molecule has 0 radical (unpaired) electrons. The molecule has 2 aromatic rings. The van der Waals surface area contributed by atoms with E-state index in [1.807, 2.05) is 44.2 Å². The molecule has 1 aromatic carbocycles. The first kappa shape index (κ1) is 18.2. The van der Waals surface area contributed by atoms with Crippen LogP contribution in [-0.2, 0) is 16.0 Å². The summed E-state index contributed by atoms with van der Waals surface area (Å²) in [7, 11) is 0. The van der Waals surface area contributed by atoms with Gasteiger partial charge in [-0.1, -0.05) is 19.1 Å². The van der Waals surface area contributed by atoms with Crippen LogP contribution >= 0.6 is 0 Å². The van der Waals surface area contributed by atoms with E-state index in [-0.39, 0.29) is 18.4 Å². The lowest BCUT2D eigenvalue weighted by atomic mass is 10.1. The topological polar surface area (TPSA) is 71.3 Å². The first-order valence-corrected chi connectivity index (χ1v) is 9.15. The molecule has 2 amide bonds. The minimum absolute atomic E-state index is 0.0325. The molecule has 3 rings (SSSR count). The van der Waals surface area contributed by atoms with Crippen molar-refractivity contribution in [2.75, 3.05) is 11.9 Å². The van der Waals surface area contributed by atoms with Crippen molar-refractivity contribution in [3.63, 3.8) is 0 Å². The highest BCUT2D eigenvalue weighted by Gasteiger charge is 2.36. The van der Waals surface area contributed by atoms with Crippen molar-refractivity contribution >= 4 is 17.5 Å². The van der Waals surface area contributed by atoms with Crippen LogP contribution in [0.1, 0.15) is 48.3 Å². The second-order valence-corrected chi connectivity index (χ2v) is 7.20. The minimum Gasteiger partial charge on any atom is -0.466 e. The van der Waals surface area contributed by atoms with Crippen molar-refractivity contribution in [1.29, 1.82) is 0 Å². The molecule has 1 saturated carbocycles. The van der Waals surface area contributed by atoms with Crippen molar-refractivity contribution in [2.45, 2.75) is 46.0 Å². The van der Waals surface area contributed by atoms with E-state index in [4.69, 9.17) is 4.42 Å². The molecule has 0 bridgehead atoms. The molecule has 26 heavy (non-hydrogen) atoms. The number of anilines is 1. The molecule has 1 aliphatic rings. The minimum atomic E-state index is -0.227. The van der Waals surface area contributed by atoms with Crippen LogP contribution in [0.25, 0.3) is 0 Å². The molecule has 2 N–H and O–H groups in total. The van der Waals surface area contributed by atoms with Crippen LogP contribution in [-0.4, -0.2) is 18.4 Å². The second-order valence-electron chi connectivity index (χ2n) is 7.20. The van der Waals surface area contributed by atoms with E-state index in [9.17, 15) is 9.59 Å². The molecule has 138 valence electrons. The Kier molecular flexibility index (Phi) is 5.45. The maximum Gasteiger partial charge on any atom is 0.243 e. The Morgan fingerprint density at radius 3 is 2.65 bits per heavy atom. The zero-order chi connectivity index (χ0) is 18.7. The number of carbonyl (C=O) groups is 2. The zero-order valence-electron chi connectivity index (χ0n) is 15.6. The van der Waals surface area contributed by atoms with E-state index in [0.717, 1.165) is 28.3 Å². The SMILES string of the molecule is Cc1cccc(NC(=O)CNC(=O)CCc2ccc([C@H]3C[C@H]3C)o2)c1C. The number of aryl methyl sites for hydroxylation is 2. The summed E-state index contributed by atoms with van der Waals surface area (Å²) in [6.45, 7) is 6.14. The molecule has 1 fully saturated rings. The molecule has 0 spiro atoms. The molecule has 0 aliphatic heterocycles. The predicted octanol–water partition coefficient (Wildman–Crippen LogP) is 3.71. The highest BCUT2D eigenvalue weighted by molar-refractivity contribution is 5.95. The van der Waals surface area contributed by atoms with Gasteiger partial charge in [0.25, 0.3) is 0 Å². The van der Waals surface area contributed by atoms with Gasteiger partial charge in [-0.2, -0.15) is 0 Å². The molecule has 0 saturated heterocycles. The quantitative estimate of drug-likeness (QED) is 0.796. The maximum absolute atomic E-state index is 12.0. The van der Waals surface area contributed by atoms with Crippen molar-refractivity contribution in [2.24, 2.45) is 5.92 Å². The van der Waals surface area contributed by atoms with Gasteiger partial charge >= 0.3 is 0 Å². The molecular formula is C21H26N2O3. The fraction of sp³-hybridized carbons (Fsp3) is 0.429. The fourth-order valence-corrected chi connectivity index (χ4v) is 3.03. The van der Waals surface area contributed by atoms with E-state index in [0.29, 0.717) is 24.7 Å². The van der Waals surface area contributed by atoms with Crippen LogP contribution < -0.4 is 10.6 Å². The summed E-state index contributed by atoms with van der Waals surface area (Å²) < 4.78 is 5.80. The number of furan rings is 1. The van der Waals surface area contributed by atoms with Gasteiger partial charge in [0.1, 0.15) is 11.5 Å². The number of hydrogen-bond acceptors (Lipinski definition) is 3. The predicted molar refractivity (Wildman–Crippen MR) is 101 cm³/mol. The lowest BCUT2D eigenvalue weighted by Gasteiger charge is -2.10. The van der Waals surface area contributed by atoms with Crippen LogP contribution in [0.4, 0.5) is 5.69 Å². The molecule has 0 unspecified atom stereocenters. The van der Waals surface area contributed by atoms with Gasteiger partial charge in [0, 0.05) is 24.4 Å². The molecule has 1 heterocycles. The fourth-order valence-electron chi connectivity index (χ4n) is 3.03. The first-order valence-electron chi connectivity index (χ1n) is 9.15. The Hall–Kier alpha value is -2.56. The van der Waals surface area contributed by atoms with Gasteiger partial charge in [0.2, 0.25) is 11.8 Å². The van der Waals surface area contributed by atoms with Crippen LogP contribution in [0, 0.1) is 19.8 Å². The average Bonchev–Trinajstić information content (AvgIpc) is 3.16. The van der Waals surface area contributed by atoms with Crippen molar-refractivity contribution in [3.8, 4) is 0 Å². The summed E-state index contributed by atoms with van der Waals surface area (Å²) in [5.41, 5.74) is 2.93. The number of rotatable bonds is 7. The molecule has 5 heteroatoms. The Morgan fingerprint density at radius 1 is 1.15 bits per heavy atom. The third-order valence-corrected chi connectivity index (χ3v) is 5.08. The van der Waals surface area contributed by atoms with Gasteiger partial charge < -0.3 is 15.1 Å². The van der Waals surface area contributed by atoms with E-state index in [2.05, 4.69) is 17.6 Å². The summed E-state index contributed by atoms with van der Waals surface area (Å²) in [5.74, 6) is 2.73. The summed E-state index contributed by atoms with van der Waals surface area (Å²) in [5, 5.41) is 5.50. The third kappa shape index (κ3) is 4.54. The van der Waals surface area contributed by atoms with Crippen molar-refractivity contribution < 1.29 is 14.0 Å². The van der Waals surface area contributed by atoms with E-state index in [1.54, 1.807) is 0 Å². The van der Waals surface area contributed by atoms with Gasteiger partial charge in [-0.25, -0.2) is 0 Å². The molecular weight excluding hydrogens is 328 g/mol. The van der Waals surface area contributed by atoms with Crippen molar-refractivity contribution in [1.82, 2.24) is 5.32 Å². The molecule has 2 atom stereocenters. The van der Waals surface area contributed by atoms with Gasteiger partial charge in [-0.3, -0.25) is 9.59 Å². The molecule has 5 nitrogen and oxygen atoms in total. The summed E-state index contributed by atoms with van der Waals surface area (Å²) >= 11 is 0. The molecule has 1 aromatic heterocycles. The smallest absolute Gasteiger partial charge is 0.243 e. The lowest BCUT2D eigenvalue weighted by molar-refractivity contribution is -0.124. The van der Waals surface area contributed by atoms with Gasteiger partial charge in [-0.05, 0) is 55.5 Å². The summed E-state index contributed by atoms with van der Waals surface area (Å²) in [6.07, 6.45) is 2.04. The Morgan fingerprint density at radius 2 is 1.92 bits per heavy atom. The van der Waals surface area contributed by atoms with Crippen molar-refractivity contribution in [3.05, 3.63) is 53.0 Å². The number of amides is 2. The van der Waals surface area contributed by atoms with Crippen LogP contribution in [0.3, 0.4) is 0 Å². The van der Waals surface area contributed by atoms with E-state index >= 15 is 0 Å². The standard InChI is InChI=1S/C21H26N2O3/c1-13-5-4-6-18(15(13)3)23-21(25)12-22-20(24)10-8-16-7-9-19(26-16)17-11-14(17)2/h4-7,9,14,17H,8,10-12H2,1-3H3,(H,22,24)(H,23,25)/t14-,17+/m1/s1. The average molecular weight is 354 g/mol. The first-order chi connectivity index (χ1) is 12.4. The van der Waals surface area contributed by atoms with Crippen LogP contribution in [0.2, 0.25) is 0 Å². The highest BCUT2D eigenvalue weighted by Crippen LogP contribution is 2.47.